The Morgan fingerprint density at radius 2 is 1.21 bits per heavy atom. The van der Waals surface area contributed by atoms with E-state index in [2.05, 4.69) is 0 Å². The molecular weight excluding hydrogens is 484 g/mol. The number of Topliss-reactive ketones (excluding diaryl/α,β-unsaturated/α-hetero) is 2. The molecule has 0 bridgehead atoms. The Bertz CT molecular complexity index is 1290. The number of nitrogens with zero attached hydrogens (tertiary/aromatic N) is 2. The number of amides is 2. The van der Waals surface area contributed by atoms with Gasteiger partial charge in [0.05, 0.1) is 11.8 Å². The molecule has 0 saturated carbocycles. The number of carbonyl (C=O) groups is 4. The number of hydrogen-bond acceptors (Lipinski definition) is 6. The molecule has 2 saturated heterocycles. The number of benzene rings is 1. The minimum absolute atomic E-state index is 0.0879. The minimum atomic E-state index is -0.897. The standard InChI is InChI=1S/C30H32N2O6/c33-25-17-23-21(15-19(25)7-9-27(35)31-11-3-1-4-12-31)29(37)22-16-20(26(34)18-24(22)30(23)38)8-10-28(36)32-13-5-2-6-14-32/h7-10,15-18,21,23,33-34H,1-6,11-14H2/b9-7+,10-8+. The molecule has 0 spiro atoms. The van der Waals surface area contributed by atoms with Gasteiger partial charge in [-0.2, -0.15) is 0 Å². The molecule has 2 amide bonds. The van der Waals surface area contributed by atoms with Crippen molar-refractivity contribution in [3.8, 4) is 5.75 Å². The van der Waals surface area contributed by atoms with Crippen molar-refractivity contribution in [3.05, 3.63) is 70.5 Å². The van der Waals surface area contributed by atoms with Gasteiger partial charge >= 0.3 is 0 Å². The molecule has 0 aromatic heterocycles. The molecule has 2 heterocycles. The third-order valence-corrected chi connectivity index (χ3v) is 7.83. The lowest BCUT2D eigenvalue weighted by atomic mass is 9.70. The molecule has 2 aliphatic carbocycles. The Morgan fingerprint density at radius 1 is 0.711 bits per heavy atom. The van der Waals surface area contributed by atoms with E-state index in [1.165, 1.54) is 48.6 Å². The van der Waals surface area contributed by atoms with E-state index in [0.717, 1.165) is 38.5 Å². The van der Waals surface area contributed by atoms with Crippen LogP contribution in [0.5, 0.6) is 5.75 Å². The van der Waals surface area contributed by atoms with Crippen LogP contribution in [0, 0.1) is 11.8 Å². The van der Waals surface area contributed by atoms with Crippen LogP contribution in [-0.4, -0.2) is 69.6 Å². The average Bonchev–Trinajstić information content (AvgIpc) is 2.94. The number of fused-ring (bicyclic) bond motifs is 2. The zero-order valence-electron chi connectivity index (χ0n) is 21.3. The van der Waals surface area contributed by atoms with Crippen LogP contribution >= 0.6 is 0 Å². The number of allylic oxidation sites excluding steroid dienone is 3. The van der Waals surface area contributed by atoms with Gasteiger partial charge in [-0.15, -0.1) is 0 Å². The van der Waals surface area contributed by atoms with Crippen molar-refractivity contribution < 1.29 is 29.4 Å². The van der Waals surface area contributed by atoms with E-state index in [0.29, 0.717) is 31.8 Å². The van der Waals surface area contributed by atoms with E-state index in [1.807, 2.05) is 0 Å². The summed E-state index contributed by atoms with van der Waals surface area (Å²) in [5.41, 5.74) is 0.842. The molecule has 1 aromatic carbocycles. The first-order valence-electron chi connectivity index (χ1n) is 13.4. The summed E-state index contributed by atoms with van der Waals surface area (Å²) in [4.78, 5) is 55.3. The van der Waals surface area contributed by atoms with Crippen molar-refractivity contribution in [1.82, 2.24) is 9.80 Å². The van der Waals surface area contributed by atoms with Crippen molar-refractivity contribution >= 4 is 29.5 Å². The lowest BCUT2D eigenvalue weighted by Crippen LogP contribution is -2.36. The Labute approximate surface area is 221 Å². The van der Waals surface area contributed by atoms with E-state index in [4.69, 9.17) is 0 Å². The number of phenols is 1. The van der Waals surface area contributed by atoms with Crippen molar-refractivity contribution in [2.45, 2.75) is 38.5 Å². The van der Waals surface area contributed by atoms with Crippen molar-refractivity contribution in [2.24, 2.45) is 11.8 Å². The Balaban J connectivity index is 1.38. The molecule has 2 N–H and O–H groups in total. The summed E-state index contributed by atoms with van der Waals surface area (Å²) in [5.74, 6) is -3.12. The highest BCUT2D eigenvalue weighted by atomic mass is 16.3. The fourth-order valence-electron chi connectivity index (χ4n) is 5.64. The number of phenolic OH excluding ortho intramolecular Hbond substituents is 1. The normalized spacial score (nSPS) is 23.8. The number of carbonyl (C=O) groups excluding carboxylic acids is 4. The second-order valence-corrected chi connectivity index (χ2v) is 10.3. The molecule has 2 unspecified atom stereocenters. The summed E-state index contributed by atoms with van der Waals surface area (Å²) < 4.78 is 0. The molecule has 1 aromatic rings. The Hall–Kier alpha value is -3.94. The zero-order chi connectivity index (χ0) is 26.8. The van der Waals surface area contributed by atoms with Crippen LogP contribution in [0.3, 0.4) is 0 Å². The first-order chi connectivity index (χ1) is 18.3. The Kier molecular flexibility index (Phi) is 7.31. The zero-order valence-corrected chi connectivity index (χ0v) is 21.3. The monoisotopic (exact) mass is 516 g/mol. The van der Waals surface area contributed by atoms with E-state index in [1.54, 1.807) is 9.80 Å². The molecule has 198 valence electrons. The highest BCUT2D eigenvalue weighted by Gasteiger charge is 2.42. The van der Waals surface area contributed by atoms with Crippen molar-refractivity contribution in [2.75, 3.05) is 26.2 Å². The summed E-state index contributed by atoms with van der Waals surface area (Å²) in [5, 5.41) is 21.1. The number of aliphatic hydroxyl groups excluding tert-OH is 1. The molecule has 8 nitrogen and oxygen atoms in total. The molecule has 8 heteroatoms. The van der Waals surface area contributed by atoms with Crippen LogP contribution < -0.4 is 0 Å². The molecule has 5 rings (SSSR count). The van der Waals surface area contributed by atoms with Crippen LogP contribution in [0.15, 0.2) is 53.8 Å². The van der Waals surface area contributed by atoms with Gasteiger partial charge < -0.3 is 20.0 Å². The third kappa shape index (κ3) is 5.08. The number of likely N-dealkylation sites (tertiary alicyclic amines) is 2. The number of hydrogen-bond donors (Lipinski definition) is 2. The number of rotatable bonds is 4. The molecule has 2 fully saturated rings. The summed E-state index contributed by atoms with van der Waals surface area (Å²) >= 11 is 0. The molecule has 38 heavy (non-hydrogen) atoms. The fourth-order valence-corrected chi connectivity index (χ4v) is 5.64. The maximum absolute atomic E-state index is 13.5. The van der Waals surface area contributed by atoms with Crippen LogP contribution in [0.1, 0.15) is 64.8 Å². The highest BCUT2D eigenvalue weighted by Crippen LogP contribution is 2.39. The van der Waals surface area contributed by atoms with Crippen LogP contribution in [-0.2, 0) is 9.59 Å². The summed E-state index contributed by atoms with van der Waals surface area (Å²) in [6.45, 7) is 2.79. The van der Waals surface area contributed by atoms with E-state index >= 15 is 0 Å². The van der Waals surface area contributed by atoms with Gasteiger partial charge in [0.1, 0.15) is 11.5 Å². The largest absolute Gasteiger partial charge is 0.508 e. The predicted octanol–water partition coefficient (Wildman–Crippen LogP) is 3.98. The lowest BCUT2D eigenvalue weighted by Gasteiger charge is -2.30. The second-order valence-electron chi connectivity index (χ2n) is 10.3. The maximum atomic E-state index is 13.5. The van der Waals surface area contributed by atoms with Gasteiger partial charge in [0, 0.05) is 60.6 Å². The smallest absolute Gasteiger partial charge is 0.246 e. The SMILES string of the molecule is O=C1c2cc(O)c(/C=C/C(=O)N3CCCCC3)cc2C(=O)C2C=C(/C=C/C(=O)N3CCCCC3)C(O)=CC12. The maximum Gasteiger partial charge on any atom is 0.246 e. The summed E-state index contributed by atoms with van der Waals surface area (Å²) in [6, 6.07) is 2.71. The molecule has 4 aliphatic rings. The van der Waals surface area contributed by atoms with E-state index in [9.17, 15) is 29.4 Å². The first-order valence-corrected chi connectivity index (χ1v) is 13.4. The summed E-state index contributed by atoms with van der Waals surface area (Å²) in [7, 11) is 0. The van der Waals surface area contributed by atoms with Gasteiger partial charge in [-0.3, -0.25) is 19.2 Å². The number of piperidine rings is 2. The number of aliphatic hydroxyl groups is 1. The molecule has 2 atom stereocenters. The van der Waals surface area contributed by atoms with Gasteiger partial charge in [0.2, 0.25) is 11.8 Å². The predicted molar refractivity (Wildman–Crippen MR) is 142 cm³/mol. The number of aromatic hydroxyl groups is 1. The van der Waals surface area contributed by atoms with Crippen LogP contribution in [0.2, 0.25) is 0 Å². The van der Waals surface area contributed by atoms with Crippen LogP contribution in [0.4, 0.5) is 0 Å². The fraction of sp³-hybridized carbons (Fsp3) is 0.400. The van der Waals surface area contributed by atoms with Gasteiger partial charge in [-0.05, 0) is 68.9 Å². The average molecular weight is 517 g/mol. The summed E-state index contributed by atoms with van der Waals surface area (Å²) in [6.07, 6.45) is 14.7. The van der Waals surface area contributed by atoms with Gasteiger partial charge in [0.25, 0.3) is 0 Å². The first kappa shape index (κ1) is 25.7. The minimum Gasteiger partial charge on any atom is -0.508 e. The number of ketones is 2. The quantitative estimate of drug-likeness (QED) is 0.585. The Morgan fingerprint density at radius 3 is 1.79 bits per heavy atom. The van der Waals surface area contributed by atoms with Gasteiger partial charge in [-0.1, -0.05) is 6.08 Å². The van der Waals surface area contributed by atoms with E-state index in [-0.39, 0.29) is 51.6 Å². The van der Waals surface area contributed by atoms with Gasteiger partial charge in [0.15, 0.2) is 11.6 Å². The second kappa shape index (κ2) is 10.8. The molecule has 0 radical (unpaired) electrons. The van der Waals surface area contributed by atoms with Gasteiger partial charge in [-0.25, -0.2) is 0 Å². The van der Waals surface area contributed by atoms with Crippen molar-refractivity contribution in [1.29, 1.82) is 0 Å². The lowest BCUT2D eigenvalue weighted by molar-refractivity contribution is -0.127. The van der Waals surface area contributed by atoms with E-state index < -0.39 is 11.8 Å². The van der Waals surface area contributed by atoms with Crippen LogP contribution in [0.25, 0.3) is 6.08 Å². The van der Waals surface area contributed by atoms with Crippen molar-refractivity contribution in [3.63, 3.8) is 0 Å². The highest BCUT2D eigenvalue weighted by molar-refractivity contribution is 6.18. The molecule has 2 aliphatic heterocycles. The topological polar surface area (TPSA) is 115 Å². The molecular formula is C30H32N2O6. The third-order valence-electron chi connectivity index (χ3n) is 7.83.